The van der Waals surface area contributed by atoms with Crippen LogP contribution in [0.25, 0.3) is 0 Å². The van der Waals surface area contributed by atoms with Crippen molar-refractivity contribution in [3.63, 3.8) is 0 Å². The van der Waals surface area contributed by atoms with Crippen molar-refractivity contribution in [1.29, 1.82) is 0 Å². The first-order chi connectivity index (χ1) is 9.24. The van der Waals surface area contributed by atoms with Crippen molar-refractivity contribution in [2.24, 2.45) is 5.73 Å². The largest absolute Gasteiger partial charge is 0.328 e. The van der Waals surface area contributed by atoms with E-state index in [4.69, 9.17) is 5.73 Å². The van der Waals surface area contributed by atoms with Crippen molar-refractivity contribution in [2.45, 2.75) is 57.0 Å². The van der Waals surface area contributed by atoms with Gasteiger partial charge in [0.2, 0.25) is 0 Å². The molecule has 1 fully saturated rings. The zero-order chi connectivity index (χ0) is 13.2. The Labute approximate surface area is 117 Å². The third-order valence-electron chi connectivity index (χ3n) is 5.00. The van der Waals surface area contributed by atoms with Gasteiger partial charge in [-0.25, -0.2) is 0 Å². The zero-order valence-corrected chi connectivity index (χ0v) is 12.0. The molecule has 0 spiro atoms. The smallest absolute Gasteiger partial charge is 0.00819 e. The Bertz CT molecular complexity index is 429. The summed E-state index contributed by atoms with van der Waals surface area (Å²) >= 11 is 0. The molecule has 3 rings (SSSR count). The number of fused-ring (bicyclic) bond motifs is 1. The summed E-state index contributed by atoms with van der Waals surface area (Å²) in [4.78, 5) is 2.66. The van der Waals surface area contributed by atoms with Gasteiger partial charge < -0.3 is 5.73 Å². The van der Waals surface area contributed by atoms with Crippen LogP contribution in [-0.4, -0.2) is 30.1 Å². The first-order valence-corrected chi connectivity index (χ1v) is 7.81. The van der Waals surface area contributed by atoms with Crippen LogP contribution < -0.4 is 5.73 Å². The Morgan fingerprint density at radius 2 is 2.11 bits per heavy atom. The summed E-state index contributed by atoms with van der Waals surface area (Å²) < 4.78 is 0. The number of rotatable bonds is 2. The number of aryl methyl sites for hydroxylation is 1. The van der Waals surface area contributed by atoms with Gasteiger partial charge in [-0.3, -0.25) is 4.90 Å². The minimum absolute atomic E-state index is 0.421. The van der Waals surface area contributed by atoms with Crippen molar-refractivity contribution in [3.05, 3.63) is 35.4 Å². The van der Waals surface area contributed by atoms with E-state index in [0.717, 1.165) is 12.3 Å². The molecule has 1 aromatic carbocycles. The molecule has 1 aliphatic carbocycles. The average Bonchev–Trinajstić information content (AvgIpc) is 2.42. The molecule has 2 N–H and O–H groups in total. The average molecular weight is 258 g/mol. The van der Waals surface area contributed by atoms with Crippen LogP contribution in [0.2, 0.25) is 0 Å². The van der Waals surface area contributed by atoms with Crippen LogP contribution in [0.1, 0.15) is 49.7 Å². The van der Waals surface area contributed by atoms with E-state index in [1.54, 1.807) is 11.1 Å². The molecule has 1 heterocycles. The van der Waals surface area contributed by atoms with Gasteiger partial charge >= 0.3 is 0 Å². The molecule has 2 nitrogen and oxygen atoms in total. The summed E-state index contributed by atoms with van der Waals surface area (Å²) in [6.07, 6.45) is 6.30. The Hall–Kier alpha value is -0.860. The van der Waals surface area contributed by atoms with Gasteiger partial charge in [-0.15, -0.1) is 0 Å². The van der Waals surface area contributed by atoms with Crippen LogP contribution in [0.4, 0.5) is 0 Å². The van der Waals surface area contributed by atoms with Crippen LogP contribution in [0, 0.1) is 0 Å². The number of piperidine rings is 1. The topological polar surface area (TPSA) is 29.3 Å². The van der Waals surface area contributed by atoms with E-state index in [9.17, 15) is 0 Å². The lowest BCUT2D eigenvalue weighted by Crippen LogP contribution is -2.47. The fraction of sp³-hybridized carbons (Fsp3) is 0.647. The van der Waals surface area contributed by atoms with Crippen LogP contribution in [0.5, 0.6) is 0 Å². The second kappa shape index (κ2) is 5.64. The molecular formula is C17H26N2. The lowest BCUT2D eigenvalue weighted by atomic mass is 9.82. The van der Waals surface area contributed by atoms with Gasteiger partial charge in [-0.1, -0.05) is 24.3 Å². The van der Waals surface area contributed by atoms with E-state index >= 15 is 0 Å². The standard InChI is InChI=1S/C17H26N2/c1-13-11-16(18)9-10-19(13)12-15-7-4-6-14-5-2-3-8-17(14)15/h2-3,5,8,13,15-16H,4,6-7,9-12,18H2,1H3. The molecule has 0 aromatic heterocycles. The maximum atomic E-state index is 6.07. The molecule has 2 heteroatoms. The van der Waals surface area contributed by atoms with Gasteiger partial charge in [0.25, 0.3) is 0 Å². The van der Waals surface area contributed by atoms with Gasteiger partial charge in [0.15, 0.2) is 0 Å². The summed E-state index contributed by atoms with van der Waals surface area (Å²) in [6.45, 7) is 4.75. The Morgan fingerprint density at radius 1 is 1.26 bits per heavy atom. The maximum absolute atomic E-state index is 6.07. The summed E-state index contributed by atoms with van der Waals surface area (Å²) in [7, 11) is 0. The van der Waals surface area contributed by atoms with Crippen LogP contribution >= 0.6 is 0 Å². The number of benzene rings is 1. The van der Waals surface area contributed by atoms with E-state index in [0.29, 0.717) is 12.1 Å². The number of hydrogen-bond donors (Lipinski definition) is 1. The fourth-order valence-electron chi connectivity index (χ4n) is 3.86. The van der Waals surface area contributed by atoms with Crippen LogP contribution in [0.3, 0.4) is 0 Å². The third-order valence-corrected chi connectivity index (χ3v) is 5.00. The Kier molecular flexibility index (Phi) is 3.90. The molecular weight excluding hydrogens is 232 g/mol. The fourth-order valence-corrected chi connectivity index (χ4v) is 3.86. The summed E-state index contributed by atoms with van der Waals surface area (Å²) in [5, 5.41) is 0. The van der Waals surface area contributed by atoms with E-state index in [-0.39, 0.29) is 0 Å². The predicted molar refractivity (Wildman–Crippen MR) is 80.4 cm³/mol. The molecule has 1 aromatic rings. The SMILES string of the molecule is CC1CC(N)CCN1CC1CCCc2ccccc21. The summed E-state index contributed by atoms with van der Waals surface area (Å²) in [5.41, 5.74) is 9.26. The molecule has 0 saturated carbocycles. The number of nitrogens with zero attached hydrogens (tertiary/aromatic N) is 1. The number of likely N-dealkylation sites (tertiary alicyclic amines) is 1. The van der Waals surface area contributed by atoms with Crippen LogP contribution in [-0.2, 0) is 6.42 Å². The Morgan fingerprint density at radius 3 is 2.95 bits per heavy atom. The summed E-state index contributed by atoms with van der Waals surface area (Å²) in [6, 6.07) is 10.1. The van der Waals surface area contributed by atoms with Crippen molar-refractivity contribution < 1.29 is 0 Å². The molecule has 0 bridgehead atoms. The predicted octanol–water partition coefficient (Wildman–Crippen LogP) is 2.92. The Balaban J connectivity index is 1.71. The lowest BCUT2D eigenvalue weighted by Gasteiger charge is -2.39. The van der Waals surface area contributed by atoms with Gasteiger partial charge in [0.1, 0.15) is 0 Å². The molecule has 0 radical (unpaired) electrons. The highest BCUT2D eigenvalue weighted by Gasteiger charge is 2.27. The minimum atomic E-state index is 0.421. The second-order valence-corrected chi connectivity index (χ2v) is 6.42. The van der Waals surface area contributed by atoms with Crippen molar-refractivity contribution in [1.82, 2.24) is 4.90 Å². The van der Waals surface area contributed by atoms with Crippen molar-refractivity contribution >= 4 is 0 Å². The van der Waals surface area contributed by atoms with Crippen molar-refractivity contribution in [2.75, 3.05) is 13.1 Å². The molecule has 104 valence electrons. The molecule has 0 amide bonds. The van der Waals surface area contributed by atoms with Crippen molar-refractivity contribution in [3.8, 4) is 0 Å². The molecule has 1 saturated heterocycles. The van der Waals surface area contributed by atoms with E-state index in [2.05, 4.69) is 36.1 Å². The molecule has 3 unspecified atom stereocenters. The minimum Gasteiger partial charge on any atom is -0.328 e. The first kappa shape index (κ1) is 13.1. The van der Waals surface area contributed by atoms with Gasteiger partial charge in [-0.05, 0) is 62.6 Å². The van der Waals surface area contributed by atoms with E-state index < -0.39 is 0 Å². The number of hydrogen-bond acceptors (Lipinski definition) is 2. The maximum Gasteiger partial charge on any atom is 0.00819 e. The zero-order valence-electron chi connectivity index (χ0n) is 12.0. The monoisotopic (exact) mass is 258 g/mol. The second-order valence-electron chi connectivity index (χ2n) is 6.42. The third kappa shape index (κ3) is 2.85. The quantitative estimate of drug-likeness (QED) is 0.884. The van der Waals surface area contributed by atoms with Crippen LogP contribution in [0.15, 0.2) is 24.3 Å². The van der Waals surface area contributed by atoms with Gasteiger partial charge in [-0.2, -0.15) is 0 Å². The first-order valence-electron chi connectivity index (χ1n) is 7.81. The highest BCUT2D eigenvalue weighted by Crippen LogP contribution is 2.33. The molecule has 1 aliphatic heterocycles. The summed E-state index contributed by atoms with van der Waals surface area (Å²) in [5.74, 6) is 0.738. The van der Waals surface area contributed by atoms with E-state index in [1.807, 2.05) is 0 Å². The number of nitrogens with two attached hydrogens (primary N) is 1. The van der Waals surface area contributed by atoms with E-state index in [1.165, 1.54) is 38.8 Å². The molecule has 2 aliphatic rings. The lowest BCUT2D eigenvalue weighted by molar-refractivity contribution is 0.135. The molecule has 3 atom stereocenters. The van der Waals surface area contributed by atoms with Gasteiger partial charge in [0.05, 0.1) is 0 Å². The normalized spacial score (nSPS) is 32.0. The molecule has 19 heavy (non-hydrogen) atoms. The van der Waals surface area contributed by atoms with Gasteiger partial charge in [0, 0.05) is 18.6 Å². The highest BCUT2D eigenvalue weighted by molar-refractivity contribution is 5.32. The highest BCUT2D eigenvalue weighted by atomic mass is 15.2.